The standard InChI is InChI=1S/C25H35N5O3S/c1-3-28(4-2)24(33)19-8-5-14-30(17-19)25-27-20-11-10-18(16-21(20)34-25)23(32)26-12-7-15-29-13-6-9-22(29)31/h10-11,16,19H,3-9,12-15,17H2,1-2H3,(H,26,32). The number of fused-ring (bicyclic) bond motifs is 1. The average molecular weight is 486 g/mol. The Bertz CT molecular complexity index is 1030. The molecule has 1 N–H and O–H groups in total. The number of thiazole rings is 1. The number of aromatic nitrogens is 1. The molecule has 34 heavy (non-hydrogen) atoms. The van der Waals surface area contributed by atoms with Crippen LogP contribution in [-0.2, 0) is 9.59 Å². The molecule has 4 rings (SSSR count). The molecule has 3 heterocycles. The number of benzene rings is 1. The van der Waals surface area contributed by atoms with Gasteiger partial charge in [-0.1, -0.05) is 11.3 Å². The Morgan fingerprint density at radius 3 is 2.76 bits per heavy atom. The second-order valence-electron chi connectivity index (χ2n) is 9.07. The molecule has 1 unspecified atom stereocenters. The van der Waals surface area contributed by atoms with E-state index in [0.717, 1.165) is 67.2 Å². The molecule has 0 spiro atoms. The van der Waals surface area contributed by atoms with Gasteiger partial charge in [0.05, 0.1) is 16.1 Å². The molecule has 3 amide bonds. The number of likely N-dealkylation sites (tertiary alicyclic amines) is 1. The van der Waals surface area contributed by atoms with Crippen LogP contribution in [0.15, 0.2) is 18.2 Å². The topological polar surface area (TPSA) is 85.8 Å². The van der Waals surface area contributed by atoms with Crippen molar-refractivity contribution in [3.05, 3.63) is 23.8 Å². The Morgan fingerprint density at radius 1 is 1.21 bits per heavy atom. The lowest BCUT2D eigenvalue weighted by atomic mass is 9.97. The summed E-state index contributed by atoms with van der Waals surface area (Å²) in [7, 11) is 0. The zero-order chi connectivity index (χ0) is 24.1. The molecule has 1 aromatic heterocycles. The second kappa shape index (κ2) is 11.2. The van der Waals surface area contributed by atoms with Crippen LogP contribution >= 0.6 is 11.3 Å². The third kappa shape index (κ3) is 5.51. The number of piperidine rings is 1. The maximum Gasteiger partial charge on any atom is 0.251 e. The minimum absolute atomic E-state index is 0.0119. The number of amides is 3. The monoisotopic (exact) mass is 485 g/mol. The summed E-state index contributed by atoms with van der Waals surface area (Å²) in [5.41, 5.74) is 1.49. The van der Waals surface area contributed by atoms with Crippen LogP contribution in [0.5, 0.6) is 0 Å². The molecule has 0 radical (unpaired) electrons. The number of carbonyl (C=O) groups is 3. The van der Waals surface area contributed by atoms with Crippen molar-refractivity contribution < 1.29 is 14.4 Å². The van der Waals surface area contributed by atoms with Gasteiger partial charge in [0, 0.05) is 57.8 Å². The van der Waals surface area contributed by atoms with Crippen LogP contribution in [0.1, 0.15) is 56.3 Å². The van der Waals surface area contributed by atoms with Gasteiger partial charge >= 0.3 is 0 Å². The van der Waals surface area contributed by atoms with E-state index in [4.69, 9.17) is 4.98 Å². The van der Waals surface area contributed by atoms with E-state index in [9.17, 15) is 14.4 Å². The Hall–Kier alpha value is -2.68. The fourth-order valence-corrected chi connectivity index (χ4v) is 5.89. The van der Waals surface area contributed by atoms with Crippen molar-refractivity contribution in [3.8, 4) is 0 Å². The van der Waals surface area contributed by atoms with Crippen LogP contribution in [0.25, 0.3) is 10.2 Å². The maximum absolute atomic E-state index is 12.8. The van der Waals surface area contributed by atoms with E-state index in [1.165, 1.54) is 0 Å². The summed E-state index contributed by atoms with van der Waals surface area (Å²) in [4.78, 5) is 48.0. The molecule has 8 nitrogen and oxygen atoms in total. The zero-order valence-electron chi connectivity index (χ0n) is 20.2. The van der Waals surface area contributed by atoms with E-state index >= 15 is 0 Å². The third-order valence-corrected chi connectivity index (χ3v) is 7.90. The summed E-state index contributed by atoms with van der Waals surface area (Å²) in [5, 5.41) is 3.88. The first-order chi connectivity index (χ1) is 16.5. The molecule has 2 aliphatic heterocycles. The molecule has 0 saturated carbocycles. The Morgan fingerprint density at radius 2 is 2.03 bits per heavy atom. The first kappa shape index (κ1) is 24.4. The molecule has 1 aromatic carbocycles. The van der Waals surface area contributed by atoms with Crippen LogP contribution in [0.2, 0.25) is 0 Å². The van der Waals surface area contributed by atoms with E-state index in [1.54, 1.807) is 11.3 Å². The molecule has 1 atom stereocenters. The van der Waals surface area contributed by atoms with Gasteiger partial charge in [-0.2, -0.15) is 0 Å². The largest absolute Gasteiger partial charge is 0.352 e. The van der Waals surface area contributed by atoms with Crippen LogP contribution in [0.4, 0.5) is 5.13 Å². The van der Waals surface area contributed by atoms with E-state index < -0.39 is 0 Å². The van der Waals surface area contributed by atoms with E-state index in [2.05, 4.69) is 10.2 Å². The van der Waals surface area contributed by atoms with E-state index in [1.807, 2.05) is 41.8 Å². The van der Waals surface area contributed by atoms with Gasteiger partial charge in [0.15, 0.2) is 5.13 Å². The average Bonchev–Trinajstić information content (AvgIpc) is 3.47. The van der Waals surface area contributed by atoms with Crippen LogP contribution < -0.4 is 10.2 Å². The summed E-state index contributed by atoms with van der Waals surface area (Å²) in [6, 6.07) is 5.61. The fourth-order valence-electron chi connectivity index (χ4n) is 4.85. The molecular formula is C25H35N5O3S. The normalized spacial score (nSPS) is 18.5. The number of rotatable bonds is 9. The van der Waals surface area contributed by atoms with Gasteiger partial charge in [-0.15, -0.1) is 0 Å². The third-order valence-electron chi connectivity index (χ3n) is 6.82. The maximum atomic E-state index is 12.8. The van der Waals surface area contributed by atoms with Crippen molar-refractivity contribution in [1.29, 1.82) is 0 Å². The highest BCUT2D eigenvalue weighted by atomic mass is 32.1. The minimum atomic E-state index is -0.104. The van der Waals surface area contributed by atoms with Gasteiger partial charge < -0.3 is 20.0 Å². The number of nitrogens with zero attached hydrogens (tertiary/aromatic N) is 4. The van der Waals surface area contributed by atoms with Crippen molar-refractivity contribution in [1.82, 2.24) is 20.1 Å². The zero-order valence-corrected chi connectivity index (χ0v) is 21.0. The van der Waals surface area contributed by atoms with E-state index in [0.29, 0.717) is 31.6 Å². The smallest absolute Gasteiger partial charge is 0.251 e. The number of hydrogen-bond donors (Lipinski definition) is 1. The predicted molar refractivity (Wildman–Crippen MR) is 135 cm³/mol. The second-order valence-corrected chi connectivity index (χ2v) is 10.1. The minimum Gasteiger partial charge on any atom is -0.352 e. The van der Waals surface area contributed by atoms with Gasteiger partial charge in [-0.25, -0.2) is 4.98 Å². The summed E-state index contributed by atoms with van der Waals surface area (Å²) in [5.74, 6) is 0.365. The summed E-state index contributed by atoms with van der Waals surface area (Å²) in [6.07, 6.45) is 4.24. The molecule has 0 bridgehead atoms. The molecule has 2 saturated heterocycles. The van der Waals surface area contributed by atoms with E-state index in [-0.39, 0.29) is 23.6 Å². The fraction of sp³-hybridized carbons (Fsp3) is 0.600. The number of carbonyl (C=O) groups excluding carboxylic acids is 3. The van der Waals surface area contributed by atoms with Crippen molar-refractivity contribution >= 4 is 44.4 Å². The molecular weight excluding hydrogens is 450 g/mol. The highest BCUT2D eigenvalue weighted by molar-refractivity contribution is 7.22. The lowest BCUT2D eigenvalue weighted by Crippen LogP contribution is -2.44. The van der Waals surface area contributed by atoms with Gasteiger partial charge in [0.2, 0.25) is 11.8 Å². The van der Waals surface area contributed by atoms with Gasteiger partial charge in [-0.05, 0) is 57.7 Å². The Balaban J connectivity index is 1.35. The lowest BCUT2D eigenvalue weighted by Gasteiger charge is -2.34. The predicted octanol–water partition coefficient (Wildman–Crippen LogP) is 3.12. The quantitative estimate of drug-likeness (QED) is 0.552. The van der Waals surface area contributed by atoms with Crippen molar-refractivity contribution in [2.24, 2.45) is 5.92 Å². The van der Waals surface area contributed by atoms with Crippen LogP contribution in [-0.4, -0.2) is 78.3 Å². The van der Waals surface area contributed by atoms with Crippen molar-refractivity contribution in [2.75, 3.05) is 50.7 Å². The lowest BCUT2D eigenvalue weighted by molar-refractivity contribution is -0.135. The SMILES string of the molecule is CCN(CC)C(=O)C1CCCN(c2nc3ccc(C(=O)NCCCN4CCCC4=O)cc3s2)C1. The highest BCUT2D eigenvalue weighted by Crippen LogP contribution is 2.32. The van der Waals surface area contributed by atoms with Crippen molar-refractivity contribution in [3.63, 3.8) is 0 Å². The number of anilines is 1. The molecule has 9 heteroatoms. The summed E-state index contributed by atoms with van der Waals surface area (Å²) >= 11 is 1.58. The van der Waals surface area contributed by atoms with Crippen molar-refractivity contribution in [2.45, 2.75) is 46.0 Å². The summed E-state index contributed by atoms with van der Waals surface area (Å²) in [6.45, 7) is 9.21. The Kier molecular flexibility index (Phi) is 8.03. The number of nitrogens with one attached hydrogen (secondary N) is 1. The molecule has 184 valence electrons. The molecule has 0 aliphatic carbocycles. The van der Waals surface area contributed by atoms with Crippen LogP contribution in [0.3, 0.4) is 0 Å². The first-order valence-electron chi connectivity index (χ1n) is 12.5. The van der Waals surface area contributed by atoms with Gasteiger partial charge in [-0.3, -0.25) is 14.4 Å². The highest BCUT2D eigenvalue weighted by Gasteiger charge is 2.29. The summed E-state index contributed by atoms with van der Waals surface area (Å²) < 4.78 is 0.975. The van der Waals surface area contributed by atoms with Gasteiger partial charge in [0.25, 0.3) is 5.91 Å². The Labute approximate surface area is 205 Å². The molecule has 2 aromatic rings. The van der Waals surface area contributed by atoms with Gasteiger partial charge in [0.1, 0.15) is 0 Å². The van der Waals surface area contributed by atoms with Crippen LogP contribution in [0, 0.1) is 5.92 Å². The first-order valence-corrected chi connectivity index (χ1v) is 13.3. The molecule has 2 aliphatic rings. The molecule has 2 fully saturated rings. The number of hydrogen-bond acceptors (Lipinski definition) is 6.